The number of methoxy groups -OCH3 is 1. The molecule has 6 nitrogen and oxygen atoms in total. The summed E-state index contributed by atoms with van der Waals surface area (Å²) in [6.45, 7) is 2.02. The minimum atomic E-state index is -0.212. The van der Waals surface area contributed by atoms with E-state index in [-0.39, 0.29) is 5.91 Å². The van der Waals surface area contributed by atoms with Crippen molar-refractivity contribution in [2.75, 3.05) is 12.4 Å². The molecule has 1 heterocycles. The number of carbonyl (C=O) groups is 1. The van der Waals surface area contributed by atoms with Gasteiger partial charge in [0.2, 0.25) is 11.8 Å². The van der Waals surface area contributed by atoms with Crippen LogP contribution >= 0.6 is 0 Å². The molecule has 0 atom stereocenters. The SMILES string of the molecule is COc1cccc(NC(=O)c2ccc(-c3nnc(-c4ccc(C)cc4)o3)cc2)c1. The summed E-state index contributed by atoms with van der Waals surface area (Å²) < 4.78 is 11.0. The fourth-order valence-electron chi connectivity index (χ4n) is 2.82. The van der Waals surface area contributed by atoms with Gasteiger partial charge in [-0.15, -0.1) is 10.2 Å². The maximum absolute atomic E-state index is 12.5. The van der Waals surface area contributed by atoms with E-state index in [1.807, 2.05) is 43.3 Å². The van der Waals surface area contributed by atoms with E-state index >= 15 is 0 Å². The molecule has 3 aromatic carbocycles. The molecule has 4 rings (SSSR count). The van der Waals surface area contributed by atoms with Gasteiger partial charge in [-0.3, -0.25) is 4.79 Å². The summed E-state index contributed by atoms with van der Waals surface area (Å²) in [6, 6.07) is 22.1. The third kappa shape index (κ3) is 4.16. The molecule has 0 spiro atoms. The Morgan fingerprint density at radius 2 is 1.52 bits per heavy atom. The van der Waals surface area contributed by atoms with Crippen molar-refractivity contribution in [2.45, 2.75) is 6.92 Å². The molecule has 0 saturated carbocycles. The number of carbonyl (C=O) groups excluding carboxylic acids is 1. The molecule has 1 N–H and O–H groups in total. The molecular formula is C23H19N3O3. The van der Waals surface area contributed by atoms with Crippen molar-refractivity contribution < 1.29 is 13.9 Å². The second-order valence-corrected chi connectivity index (χ2v) is 6.54. The molecule has 0 radical (unpaired) electrons. The van der Waals surface area contributed by atoms with Crippen LogP contribution in [0.4, 0.5) is 5.69 Å². The summed E-state index contributed by atoms with van der Waals surface area (Å²) in [7, 11) is 1.58. The number of hydrogen-bond acceptors (Lipinski definition) is 5. The van der Waals surface area contributed by atoms with E-state index in [4.69, 9.17) is 9.15 Å². The van der Waals surface area contributed by atoms with Crippen LogP contribution in [0.25, 0.3) is 22.9 Å². The van der Waals surface area contributed by atoms with Gasteiger partial charge in [0.15, 0.2) is 0 Å². The van der Waals surface area contributed by atoms with Gasteiger partial charge < -0.3 is 14.5 Å². The quantitative estimate of drug-likeness (QED) is 0.525. The Labute approximate surface area is 168 Å². The van der Waals surface area contributed by atoms with Gasteiger partial charge in [0.25, 0.3) is 5.91 Å². The highest BCUT2D eigenvalue weighted by molar-refractivity contribution is 6.04. The molecule has 0 fully saturated rings. The molecular weight excluding hydrogens is 366 g/mol. The number of nitrogens with one attached hydrogen (secondary N) is 1. The first-order chi connectivity index (χ1) is 14.1. The summed E-state index contributed by atoms with van der Waals surface area (Å²) in [4.78, 5) is 12.5. The minimum absolute atomic E-state index is 0.212. The summed E-state index contributed by atoms with van der Waals surface area (Å²) in [5.41, 5.74) is 3.96. The van der Waals surface area contributed by atoms with Gasteiger partial charge in [-0.25, -0.2) is 0 Å². The molecule has 1 aromatic heterocycles. The average molecular weight is 385 g/mol. The minimum Gasteiger partial charge on any atom is -0.497 e. The number of amides is 1. The molecule has 0 aliphatic carbocycles. The number of hydrogen-bond donors (Lipinski definition) is 1. The summed E-state index contributed by atoms with van der Waals surface area (Å²) in [5.74, 6) is 1.33. The van der Waals surface area contributed by atoms with E-state index in [0.29, 0.717) is 28.8 Å². The van der Waals surface area contributed by atoms with Gasteiger partial charge in [-0.05, 0) is 55.5 Å². The van der Waals surface area contributed by atoms with Crippen LogP contribution in [0.2, 0.25) is 0 Å². The van der Waals surface area contributed by atoms with Crippen LogP contribution in [-0.2, 0) is 0 Å². The molecule has 0 aliphatic heterocycles. The van der Waals surface area contributed by atoms with Gasteiger partial charge in [0, 0.05) is 28.4 Å². The van der Waals surface area contributed by atoms with E-state index in [1.54, 1.807) is 43.5 Å². The second kappa shape index (κ2) is 7.98. The molecule has 0 aliphatic rings. The normalized spacial score (nSPS) is 10.6. The summed E-state index contributed by atoms with van der Waals surface area (Å²) in [6.07, 6.45) is 0. The first-order valence-corrected chi connectivity index (χ1v) is 9.09. The standard InChI is InChI=1S/C23H19N3O3/c1-15-6-8-17(9-7-15)22-25-26-23(29-22)18-12-10-16(11-13-18)21(27)24-19-4-3-5-20(14-19)28-2/h3-14H,1-2H3,(H,24,27). The zero-order valence-corrected chi connectivity index (χ0v) is 16.0. The van der Waals surface area contributed by atoms with Crippen molar-refractivity contribution in [1.82, 2.24) is 10.2 Å². The fourth-order valence-corrected chi connectivity index (χ4v) is 2.82. The highest BCUT2D eigenvalue weighted by Crippen LogP contribution is 2.25. The van der Waals surface area contributed by atoms with Gasteiger partial charge in [-0.1, -0.05) is 23.8 Å². The van der Waals surface area contributed by atoms with Crippen LogP contribution in [0.5, 0.6) is 5.75 Å². The summed E-state index contributed by atoms with van der Waals surface area (Å²) in [5, 5.41) is 11.1. The number of aromatic nitrogens is 2. The molecule has 29 heavy (non-hydrogen) atoms. The van der Waals surface area contributed by atoms with Crippen molar-refractivity contribution in [2.24, 2.45) is 0 Å². The number of aryl methyl sites for hydroxylation is 1. The number of ether oxygens (including phenoxy) is 1. The largest absolute Gasteiger partial charge is 0.497 e. The van der Waals surface area contributed by atoms with Crippen molar-refractivity contribution >= 4 is 11.6 Å². The Morgan fingerprint density at radius 1 is 0.897 bits per heavy atom. The molecule has 144 valence electrons. The van der Waals surface area contributed by atoms with Gasteiger partial charge >= 0.3 is 0 Å². The predicted molar refractivity (Wildman–Crippen MR) is 111 cm³/mol. The first-order valence-electron chi connectivity index (χ1n) is 9.09. The third-order valence-corrected chi connectivity index (χ3v) is 4.45. The Morgan fingerprint density at radius 3 is 2.14 bits per heavy atom. The fraction of sp³-hybridized carbons (Fsp3) is 0.0870. The Balaban J connectivity index is 1.49. The zero-order chi connectivity index (χ0) is 20.2. The van der Waals surface area contributed by atoms with Crippen molar-refractivity contribution in [3.05, 3.63) is 83.9 Å². The third-order valence-electron chi connectivity index (χ3n) is 4.45. The van der Waals surface area contributed by atoms with E-state index in [2.05, 4.69) is 15.5 Å². The van der Waals surface area contributed by atoms with Crippen LogP contribution in [-0.4, -0.2) is 23.2 Å². The Kier molecular flexibility index (Phi) is 5.07. The molecule has 0 bridgehead atoms. The number of nitrogens with zero attached hydrogens (tertiary/aromatic N) is 2. The Bertz CT molecular complexity index is 1130. The number of benzene rings is 3. The van der Waals surface area contributed by atoms with Gasteiger partial charge in [-0.2, -0.15) is 0 Å². The predicted octanol–water partition coefficient (Wildman–Crippen LogP) is 4.97. The van der Waals surface area contributed by atoms with Crippen LogP contribution in [0, 0.1) is 6.92 Å². The monoisotopic (exact) mass is 385 g/mol. The topological polar surface area (TPSA) is 77.2 Å². The van der Waals surface area contributed by atoms with Crippen molar-refractivity contribution in [3.63, 3.8) is 0 Å². The first kappa shape index (κ1) is 18.4. The lowest BCUT2D eigenvalue weighted by molar-refractivity contribution is 0.102. The lowest BCUT2D eigenvalue weighted by Crippen LogP contribution is -2.11. The molecule has 1 amide bonds. The molecule has 4 aromatic rings. The molecule has 0 unspecified atom stereocenters. The van der Waals surface area contributed by atoms with Crippen LogP contribution in [0.3, 0.4) is 0 Å². The van der Waals surface area contributed by atoms with Crippen LogP contribution in [0.15, 0.2) is 77.2 Å². The van der Waals surface area contributed by atoms with E-state index < -0.39 is 0 Å². The van der Waals surface area contributed by atoms with Crippen LogP contribution < -0.4 is 10.1 Å². The van der Waals surface area contributed by atoms with Gasteiger partial charge in [0.05, 0.1) is 7.11 Å². The van der Waals surface area contributed by atoms with E-state index in [1.165, 1.54) is 0 Å². The van der Waals surface area contributed by atoms with E-state index in [0.717, 1.165) is 16.7 Å². The average Bonchev–Trinajstić information content (AvgIpc) is 3.25. The lowest BCUT2D eigenvalue weighted by Gasteiger charge is -2.07. The maximum atomic E-state index is 12.5. The summed E-state index contributed by atoms with van der Waals surface area (Å²) >= 11 is 0. The smallest absolute Gasteiger partial charge is 0.255 e. The highest BCUT2D eigenvalue weighted by Gasteiger charge is 2.12. The maximum Gasteiger partial charge on any atom is 0.255 e. The van der Waals surface area contributed by atoms with E-state index in [9.17, 15) is 4.79 Å². The van der Waals surface area contributed by atoms with Gasteiger partial charge in [0.1, 0.15) is 5.75 Å². The van der Waals surface area contributed by atoms with Crippen molar-refractivity contribution in [3.8, 4) is 28.7 Å². The lowest BCUT2D eigenvalue weighted by atomic mass is 10.1. The van der Waals surface area contributed by atoms with Crippen molar-refractivity contribution in [1.29, 1.82) is 0 Å². The number of anilines is 1. The zero-order valence-electron chi connectivity index (χ0n) is 16.0. The molecule has 0 saturated heterocycles. The highest BCUT2D eigenvalue weighted by atomic mass is 16.5. The second-order valence-electron chi connectivity index (χ2n) is 6.54. The van der Waals surface area contributed by atoms with Crippen LogP contribution in [0.1, 0.15) is 15.9 Å². The molecule has 6 heteroatoms. The number of rotatable bonds is 5. The Hall–Kier alpha value is -3.93.